The van der Waals surface area contributed by atoms with E-state index in [2.05, 4.69) is 27.4 Å². The van der Waals surface area contributed by atoms with Gasteiger partial charge in [-0.15, -0.1) is 11.3 Å². The Morgan fingerprint density at radius 3 is 2.91 bits per heavy atom. The first-order chi connectivity index (χ1) is 11.3. The Balaban J connectivity index is 1.46. The first-order valence-corrected chi connectivity index (χ1v) is 9.10. The second-order valence-electron chi connectivity index (χ2n) is 5.95. The van der Waals surface area contributed by atoms with Crippen LogP contribution in [-0.4, -0.2) is 46.9 Å². The molecular formula is C18H23N3OS. The molecule has 0 aliphatic carbocycles. The molecule has 1 aliphatic heterocycles. The summed E-state index contributed by atoms with van der Waals surface area (Å²) >= 11 is 1.81. The van der Waals surface area contributed by atoms with E-state index in [0.717, 1.165) is 51.1 Å². The lowest BCUT2D eigenvalue weighted by Crippen LogP contribution is -2.35. The number of nitrogens with zero attached hydrogens (tertiary/aromatic N) is 3. The average molecular weight is 329 g/mol. The molecule has 0 bridgehead atoms. The Morgan fingerprint density at radius 2 is 2.13 bits per heavy atom. The van der Waals surface area contributed by atoms with E-state index in [0.29, 0.717) is 6.42 Å². The number of aromatic nitrogens is 1. The molecule has 23 heavy (non-hydrogen) atoms. The van der Waals surface area contributed by atoms with Gasteiger partial charge in [0.25, 0.3) is 0 Å². The maximum Gasteiger partial charge on any atom is 0.222 e. The average Bonchev–Trinajstić information content (AvgIpc) is 2.98. The quantitative estimate of drug-likeness (QED) is 0.846. The molecule has 1 fully saturated rings. The first kappa shape index (κ1) is 16.1. The van der Waals surface area contributed by atoms with Crippen molar-refractivity contribution in [2.45, 2.75) is 25.8 Å². The van der Waals surface area contributed by atoms with Crippen LogP contribution in [0, 0.1) is 0 Å². The molecule has 3 heterocycles. The van der Waals surface area contributed by atoms with Crippen LogP contribution in [0.3, 0.4) is 0 Å². The van der Waals surface area contributed by atoms with Gasteiger partial charge in [-0.3, -0.25) is 14.7 Å². The van der Waals surface area contributed by atoms with Gasteiger partial charge in [0.1, 0.15) is 0 Å². The standard InChI is InChI=1S/C18H23N3OS/c22-18(7-6-16-4-1-8-19-14-16)21-10-3-9-20(11-12-21)15-17-5-2-13-23-17/h1-2,4-5,8,13-14H,3,6-7,9-12,15H2. The molecular weight excluding hydrogens is 306 g/mol. The van der Waals surface area contributed by atoms with Gasteiger partial charge in [0.05, 0.1) is 0 Å². The van der Waals surface area contributed by atoms with Crippen LogP contribution in [0.5, 0.6) is 0 Å². The minimum absolute atomic E-state index is 0.270. The predicted octanol–water partition coefficient (Wildman–Crippen LogP) is 2.81. The highest BCUT2D eigenvalue weighted by atomic mass is 32.1. The lowest BCUT2D eigenvalue weighted by molar-refractivity contribution is -0.131. The van der Waals surface area contributed by atoms with E-state index in [-0.39, 0.29) is 5.91 Å². The zero-order valence-electron chi connectivity index (χ0n) is 13.4. The number of carbonyl (C=O) groups is 1. The monoisotopic (exact) mass is 329 g/mol. The van der Waals surface area contributed by atoms with Crippen LogP contribution in [-0.2, 0) is 17.8 Å². The summed E-state index contributed by atoms with van der Waals surface area (Å²) < 4.78 is 0. The zero-order chi connectivity index (χ0) is 15.9. The van der Waals surface area contributed by atoms with Crippen LogP contribution in [0.15, 0.2) is 42.0 Å². The molecule has 122 valence electrons. The van der Waals surface area contributed by atoms with Crippen LogP contribution in [0.2, 0.25) is 0 Å². The molecule has 0 aromatic carbocycles. The number of hydrogen-bond acceptors (Lipinski definition) is 4. The lowest BCUT2D eigenvalue weighted by atomic mass is 10.1. The Hall–Kier alpha value is -1.72. The number of hydrogen-bond donors (Lipinski definition) is 0. The van der Waals surface area contributed by atoms with Crippen molar-refractivity contribution in [3.63, 3.8) is 0 Å². The highest BCUT2D eigenvalue weighted by Gasteiger charge is 2.19. The Labute approximate surface area is 141 Å². The summed E-state index contributed by atoms with van der Waals surface area (Å²) in [4.78, 5) is 22.4. The van der Waals surface area contributed by atoms with Crippen molar-refractivity contribution in [3.8, 4) is 0 Å². The molecule has 1 amide bonds. The smallest absolute Gasteiger partial charge is 0.222 e. The maximum atomic E-state index is 12.4. The van der Waals surface area contributed by atoms with E-state index >= 15 is 0 Å². The van der Waals surface area contributed by atoms with Gasteiger partial charge >= 0.3 is 0 Å². The van der Waals surface area contributed by atoms with Crippen molar-refractivity contribution in [1.82, 2.24) is 14.8 Å². The molecule has 2 aromatic heterocycles. The van der Waals surface area contributed by atoms with Gasteiger partial charge in [-0.2, -0.15) is 0 Å². The van der Waals surface area contributed by atoms with Crippen molar-refractivity contribution < 1.29 is 4.79 Å². The van der Waals surface area contributed by atoms with E-state index in [9.17, 15) is 4.79 Å². The number of amides is 1. The molecule has 3 rings (SSSR count). The maximum absolute atomic E-state index is 12.4. The Morgan fingerprint density at radius 1 is 1.17 bits per heavy atom. The molecule has 4 nitrogen and oxygen atoms in total. The second-order valence-corrected chi connectivity index (χ2v) is 6.98. The van der Waals surface area contributed by atoms with E-state index in [1.54, 1.807) is 6.20 Å². The summed E-state index contributed by atoms with van der Waals surface area (Å²) in [6, 6.07) is 8.25. The molecule has 0 saturated carbocycles. The number of aryl methyl sites for hydroxylation is 1. The minimum Gasteiger partial charge on any atom is -0.341 e. The highest BCUT2D eigenvalue weighted by Crippen LogP contribution is 2.14. The highest BCUT2D eigenvalue weighted by molar-refractivity contribution is 7.09. The summed E-state index contributed by atoms with van der Waals surface area (Å²) in [5.41, 5.74) is 1.13. The number of carbonyl (C=O) groups excluding carboxylic acids is 1. The van der Waals surface area contributed by atoms with Gasteiger partial charge in [-0.25, -0.2) is 0 Å². The third-order valence-electron chi connectivity index (χ3n) is 4.25. The summed E-state index contributed by atoms with van der Waals surface area (Å²) in [7, 11) is 0. The predicted molar refractivity (Wildman–Crippen MR) is 93.4 cm³/mol. The second kappa shape index (κ2) is 8.22. The van der Waals surface area contributed by atoms with Crippen LogP contribution < -0.4 is 0 Å². The molecule has 0 spiro atoms. The minimum atomic E-state index is 0.270. The third-order valence-corrected chi connectivity index (χ3v) is 5.11. The zero-order valence-corrected chi connectivity index (χ0v) is 14.2. The van der Waals surface area contributed by atoms with Crippen molar-refractivity contribution in [3.05, 3.63) is 52.5 Å². The van der Waals surface area contributed by atoms with Crippen molar-refractivity contribution >= 4 is 17.2 Å². The van der Waals surface area contributed by atoms with Gasteiger partial charge in [0, 0.05) is 56.4 Å². The van der Waals surface area contributed by atoms with Gasteiger partial charge in [0.2, 0.25) is 5.91 Å². The molecule has 0 atom stereocenters. The fraction of sp³-hybridized carbons (Fsp3) is 0.444. The molecule has 0 radical (unpaired) electrons. The van der Waals surface area contributed by atoms with Gasteiger partial charge in [-0.05, 0) is 35.9 Å². The number of thiophene rings is 1. The molecule has 0 N–H and O–H groups in total. The van der Waals surface area contributed by atoms with Crippen molar-refractivity contribution in [2.75, 3.05) is 26.2 Å². The van der Waals surface area contributed by atoms with E-state index < -0.39 is 0 Å². The fourth-order valence-corrected chi connectivity index (χ4v) is 3.70. The SMILES string of the molecule is O=C(CCc1cccnc1)N1CCCN(Cc2cccs2)CC1. The molecule has 1 aliphatic rings. The van der Waals surface area contributed by atoms with Crippen LogP contribution in [0.25, 0.3) is 0 Å². The normalized spacial score (nSPS) is 16.3. The summed E-state index contributed by atoms with van der Waals surface area (Å²) in [6.07, 6.45) is 6.03. The van der Waals surface area contributed by atoms with Gasteiger partial charge in [0.15, 0.2) is 0 Å². The van der Waals surface area contributed by atoms with Crippen LogP contribution in [0.4, 0.5) is 0 Å². The molecule has 0 unspecified atom stereocenters. The lowest BCUT2D eigenvalue weighted by Gasteiger charge is -2.21. The van der Waals surface area contributed by atoms with E-state index in [1.165, 1.54) is 4.88 Å². The molecule has 5 heteroatoms. The van der Waals surface area contributed by atoms with E-state index in [1.807, 2.05) is 34.6 Å². The summed E-state index contributed by atoms with van der Waals surface area (Å²) in [5.74, 6) is 0.270. The third kappa shape index (κ3) is 4.88. The van der Waals surface area contributed by atoms with Crippen LogP contribution in [0.1, 0.15) is 23.3 Å². The number of pyridine rings is 1. The van der Waals surface area contributed by atoms with Gasteiger partial charge in [-0.1, -0.05) is 12.1 Å². The van der Waals surface area contributed by atoms with Crippen LogP contribution >= 0.6 is 11.3 Å². The molecule has 2 aromatic rings. The Bertz CT molecular complexity index is 600. The van der Waals surface area contributed by atoms with Crippen molar-refractivity contribution in [2.24, 2.45) is 0 Å². The van der Waals surface area contributed by atoms with Crippen molar-refractivity contribution in [1.29, 1.82) is 0 Å². The first-order valence-electron chi connectivity index (χ1n) is 8.23. The van der Waals surface area contributed by atoms with E-state index in [4.69, 9.17) is 0 Å². The van der Waals surface area contributed by atoms with Gasteiger partial charge < -0.3 is 4.90 Å². The number of rotatable bonds is 5. The molecule has 1 saturated heterocycles. The fourth-order valence-electron chi connectivity index (χ4n) is 2.96. The Kier molecular flexibility index (Phi) is 5.77. The topological polar surface area (TPSA) is 36.4 Å². The summed E-state index contributed by atoms with van der Waals surface area (Å²) in [5, 5.41) is 2.13. The largest absolute Gasteiger partial charge is 0.341 e. The summed E-state index contributed by atoms with van der Waals surface area (Å²) in [6.45, 7) is 4.78.